The number of sulfonamides is 1. The van der Waals surface area contributed by atoms with E-state index in [1.807, 2.05) is 19.1 Å². The molecule has 0 heterocycles. The van der Waals surface area contributed by atoms with Crippen LogP contribution in [0.2, 0.25) is 0 Å². The lowest BCUT2D eigenvalue weighted by atomic mass is 9.86. The molecule has 0 aliphatic heterocycles. The first kappa shape index (κ1) is 29.2. The highest BCUT2D eigenvalue weighted by atomic mass is 79.9. The minimum absolute atomic E-state index is 0.0254. The zero-order chi connectivity index (χ0) is 29.1. The monoisotopic (exact) mass is 618 g/mol. The highest BCUT2D eigenvalue weighted by Crippen LogP contribution is 2.27. The minimum Gasteiger partial charge on any atom is -0.324 e. The summed E-state index contributed by atoms with van der Waals surface area (Å²) in [5, 5.41) is 2.76. The standard InChI is InChI=1S/C32H31BrN2O4S/c1-22-11-17-29(18-12-22)40(38,39)35(28-10-6-8-26(33)20-28)21-30(36)34-27-9-5-7-24(19-27)31(37)23-13-15-25(16-14-23)32(2,3)4/h5-20H,21H2,1-4H3,(H,34,36). The molecule has 4 aromatic rings. The van der Waals surface area contributed by atoms with E-state index in [4.69, 9.17) is 0 Å². The predicted molar refractivity (Wildman–Crippen MR) is 163 cm³/mol. The Labute approximate surface area is 244 Å². The van der Waals surface area contributed by atoms with Crippen LogP contribution in [0.4, 0.5) is 11.4 Å². The van der Waals surface area contributed by atoms with Crippen LogP contribution >= 0.6 is 15.9 Å². The molecule has 0 bridgehead atoms. The molecule has 206 valence electrons. The largest absolute Gasteiger partial charge is 0.324 e. The third kappa shape index (κ3) is 6.87. The van der Waals surface area contributed by atoms with Crippen molar-refractivity contribution in [1.82, 2.24) is 0 Å². The van der Waals surface area contributed by atoms with Gasteiger partial charge < -0.3 is 5.32 Å². The smallest absolute Gasteiger partial charge is 0.264 e. The molecule has 0 saturated carbocycles. The third-order valence-electron chi connectivity index (χ3n) is 6.41. The number of rotatable bonds is 8. The fourth-order valence-corrected chi connectivity index (χ4v) is 5.94. The van der Waals surface area contributed by atoms with Crippen molar-refractivity contribution < 1.29 is 18.0 Å². The maximum atomic E-state index is 13.6. The summed E-state index contributed by atoms with van der Waals surface area (Å²) in [5.41, 5.74) is 3.71. The zero-order valence-corrected chi connectivity index (χ0v) is 25.2. The first-order chi connectivity index (χ1) is 18.8. The number of benzene rings is 4. The molecule has 8 heteroatoms. The first-order valence-electron chi connectivity index (χ1n) is 12.7. The number of nitrogens with one attached hydrogen (secondary N) is 1. The molecular formula is C32H31BrN2O4S. The fraction of sp³-hybridized carbons (Fsp3) is 0.188. The molecule has 1 amide bonds. The molecule has 0 saturated heterocycles. The lowest BCUT2D eigenvalue weighted by Gasteiger charge is -2.24. The van der Waals surface area contributed by atoms with Crippen LogP contribution in [0, 0.1) is 6.92 Å². The highest BCUT2D eigenvalue weighted by Gasteiger charge is 2.27. The molecule has 0 aliphatic carbocycles. The maximum absolute atomic E-state index is 13.6. The Morgan fingerprint density at radius 2 is 1.48 bits per heavy atom. The molecule has 0 spiro atoms. The van der Waals surface area contributed by atoms with Gasteiger partial charge in [0.05, 0.1) is 10.6 Å². The van der Waals surface area contributed by atoms with E-state index in [2.05, 4.69) is 42.0 Å². The van der Waals surface area contributed by atoms with Gasteiger partial charge in [-0.05, 0) is 60.4 Å². The van der Waals surface area contributed by atoms with Gasteiger partial charge in [0.1, 0.15) is 6.54 Å². The van der Waals surface area contributed by atoms with Gasteiger partial charge in [-0.15, -0.1) is 0 Å². The lowest BCUT2D eigenvalue weighted by molar-refractivity contribution is -0.114. The number of anilines is 2. The molecular weight excluding hydrogens is 588 g/mol. The number of halogens is 1. The van der Waals surface area contributed by atoms with Crippen LogP contribution in [0.1, 0.15) is 47.8 Å². The number of aryl methyl sites for hydroxylation is 1. The maximum Gasteiger partial charge on any atom is 0.264 e. The van der Waals surface area contributed by atoms with Crippen molar-refractivity contribution in [3.8, 4) is 0 Å². The van der Waals surface area contributed by atoms with Crippen molar-refractivity contribution in [2.24, 2.45) is 0 Å². The minimum atomic E-state index is -4.05. The summed E-state index contributed by atoms with van der Waals surface area (Å²) in [6.07, 6.45) is 0. The zero-order valence-electron chi connectivity index (χ0n) is 22.8. The highest BCUT2D eigenvalue weighted by molar-refractivity contribution is 9.10. The van der Waals surface area contributed by atoms with Crippen molar-refractivity contribution in [3.63, 3.8) is 0 Å². The topological polar surface area (TPSA) is 83.6 Å². The number of nitrogens with zero attached hydrogens (tertiary/aromatic N) is 1. The first-order valence-corrected chi connectivity index (χ1v) is 15.0. The van der Waals surface area contributed by atoms with Crippen LogP contribution in [0.25, 0.3) is 0 Å². The molecule has 4 aromatic carbocycles. The van der Waals surface area contributed by atoms with Gasteiger partial charge >= 0.3 is 0 Å². The van der Waals surface area contributed by atoms with E-state index in [0.717, 1.165) is 15.4 Å². The molecule has 40 heavy (non-hydrogen) atoms. The Bertz CT molecular complexity index is 1640. The number of hydrogen-bond donors (Lipinski definition) is 1. The summed E-state index contributed by atoms with van der Waals surface area (Å²) < 4.78 is 29.0. The SMILES string of the molecule is Cc1ccc(S(=O)(=O)N(CC(=O)Nc2cccc(C(=O)c3ccc(C(C)(C)C)cc3)c2)c2cccc(Br)c2)cc1. The summed E-state index contributed by atoms with van der Waals surface area (Å²) in [6, 6.07) is 27.4. The summed E-state index contributed by atoms with van der Waals surface area (Å²) in [5.74, 6) is -0.718. The number of amides is 1. The second-order valence-electron chi connectivity index (χ2n) is 10.6. The lowest BCUT2D eigenvalue weighted by Crippen LogP contribution is -2.38. The van der Waals surface area contributed by atoms with Crippen LogP contribution in [0.5, 0.6) is 0 Å². The van der Waals surface area contributed by atoms with Crippen molar-refractivity contribution in [1.29, 1.82) is 0 Å². The average Bonchev–Trinajstić information content (AvgIpc) is 2.91. The van der Waals surface area contributed by atoms with Crippen LogP contribution in [0.3, 0.4) is 0 Å². The quantitative estimate of drug-likeness (QED) is 0.213. The van der Waals surface area contributed by atoms with Crippen LogP contribution in [-0.2, 0) is 20.2 Å². The molecule has 1 N–H and O–H groups in total. The van der Waals surface area contributed by atoms with Gasteiger partial charge in [-0.25, -0.2) is 8.42 Å². The van der Waals surface area contributed by atoms with E-state index in [0.29, 0.717) is 27.0 Å². The van der Waals surface area contributed by atoms with Gasteiger partial charge in [0.15, 0.2) is 5.78 Å². The second kappa shape index (κ2) is 11.8. The Morgan fingerprint density at radius 1 is 0.825 bits per heavy atom. The van der Waals surface area contributed by atoms with E-state index in [1.165, 1.54) is 12.1 Å². The van der Waals surface area contributed by atoms with Crippen molar-refractivity contribution >= 4 is 49.0 Å². The van der Waals surface area contributed by atoms with E-state index >= 15 is 0 Å². The summed E-state index contributed by atoms with van der Waals surface area (Å²) in [4.78, 5) is 26.4. The number of carbonyl (C=O) groups excluding carboxylic acids is 2. The van der Waals surface area contributed by atoms with Crippen molar-refractivity contribution in [2.45, 2.75) is 38.0 Å². The third-order valence-corrected chi connectivity index (χ3v) is 8.70. The van der Waals surface area contributed by atoms with Gasteiger partial charge in [0, 0.05) is 21.3 Å². The van der Waals surface area contributed by atoms with Gasteiger partial charge in [-0.1, -0.05) is 96.9 Å². The average molecular weight is 620 g/mol. The number of ketones is 1. The fourth-order valence-electron chi connectivity index (χ4n) is 4.14. The van der Waals surface area contributed by atoms with Gasteiger partial charge in [-0.2, -0.15) is 0 Å². The second-order valence-corrected chi connectivity index (χ2v) is 13.4. The Kier molecular flexibility index (Phi) is 8.61. The Hall–Kier alpha value is -3.75. The summed E-state index contributed by atoms with van der Waals surface area (Å²) in [6.45, 7) is 7.74. The molecule has 6 nitrogen and oxygen atoms in total. The molecule has 0 aromatic heterocycles. The van der Waals surface area contributed by atoms with Crippen molar-refractivity contribution in [2.75, 3.05) is 16.2 Å². The van der Waals surface area contributed by atoms with E-state index in [-0.39, 0.29) is 16.1 Å². The van der Waals surface area contributed by atoms with Crippen LogP contribution in [0.15, 0.2) is 106 Å². The van der Waals surface area contributed by atoms with E-state index < -0.39 is 22.5 Å². The molecule has 0 atom stereocenters. The Morgan fingerprint density at radius 3 is 2.10 bits per heavy atom. The van der Waals surface area contributed by atoms with E-state index in [9.17, 15) is 18.0 Å². The van der Waals surface area contributed by atoms with E-state index in [1.54, 1.807) is 72.8 Å². The molecule has 0 unspecified atom stereocenters. The van der Waals surface area contributed by atoms with Crippen LogP contribution in [-0.4, -0.2) is 26.7 Å². The van der Waals surface area contributed by atoms with Crippen molar-refractivity contribution in [3.05, 3.63) is 124 Å². The van der Waals surface area contributed by atoms with Gasteiger partial charge in [0.25, 0.3) is 10.0 Å². The number of carbonyl (C=O) groups is 2. The Balaban J connectivity index is 1.57. The normalized spacial score (nSPS) is 11.6. The molecule has 4 rings (SSSR count). The predicted octanol–water partition coefficient (Wildman–Crippen LogP) is 7.12. The summed E-state index contributed by atoms with van der Waals surface area (Å²) in [7, 11) is -4.05. The molecule has 0 aliphatic rings. The van der Waals surface area contributed by atoms with Gasteiger partial charge in [-0.3, -0.25) is 13.9 Å². The summed E-state index contributed by atoms with van der Waals surface area (Å²) >= 11 is 3.38. The molecule has 0 radical (unpaired) electrons. The van der Waals surface area contributed by atoms with Crippen LogP contribution < -0.4 is 9.62 Å². The van der Waals surface area contributed by atoms with Gasteiger partial charge in [0.2, 0.25) is 5.91 Å². The molecule has 0 fully saturated rings. The number of hydrogen-bond acceptors (Lipinski definition) is 4.